The summed E-state index contributed by atoms with van der Waals surface area (Å²) in [6, 6.07) is 18.3. The zero-order chi connectivity index (χ0) is 49.2. The summed E-state index contributed by atoms with van der Waals surface area (Å²) < 4.78 is 63.2. The normalized spacial score (nSPS) is 11.9. The Morgan fingerprint density at radius 3 is 1.37 bits per heavy atom. The highest BCUT2D eigenvalue weighted by molar-refractivity contribution is 7.86. The molecule has 13 nitrogen and oxygen atoms in total. The summed E-state index contributed by atoms with van der Waals surface area (Å²) in [6.45, 7) is 35.5. The van der Waals surface area contributed by atoms with E-state index in [2.05, 4.69) is 98.2 Å². The summed E-state index contributed by atoms with van der Waals surface area (Å²) in [7, 11) is -7.33. The van der Waals surface area contributed by atoms with Crippen LogP contribution >= 0.6 is 0 Å². The van der Waals surface area contributed by atoms with Gasteiger partial charge in [0.15, 0.2) is 16.6 Å². The minimum Gasteiger partial charge on any atom is -0.413 e. The van der Waals surface area contributed by atoms with Crippen LogP contribution in [-0.2, 0) is 68.5 Å². The fourth-order valence-electron chi connectivity index (χ4n) is 5.14. The van der Waals surface area contributed by atoms with E-state index in [1.54, 1.807) is 30.3 Å². The fourth-order valence-corrected chi connectivity index (χ4v) is 7.96. The van der Waals surface area contributed by atoms with E-state index in [9.17, 15) is 8.42 Å². The fraction of sp³-hybridized carbons (Fsp3) is 0.647. The first-order chi connectivity index (χ1) is 30.4. The van der Waals surface area contributed by atoms with Crippen molar-refractivity contribution in [3.05, 3.63) is 88.5 Å². The maximum Gasteiger partial charge on any atom is 0.297 e. The summed E-state index contributed by atoms with van der Waals surface area (Å²) in [4.78, 5) is 0.161. The number of nitrogens with two attached hydrogens (primary N) is 1. The number of aryl methyl sites for hydroxylation is 1. The van der Waals surface area contributed by atoms with E-state index in [1.165, 1.54) is 23.3 Å². The Bertz CT molecular complexity index is 1780. The molecule has 0 amide bonds. The lowest BCUT2D eigenvalue weighted by atomic mass is 10.1. The first kappa shape index (κ1) is 66.4. The molecule has 0 radical (unpaired) electrons. The van der Waals surface area contributed by atoms with E-state index >= 15 is 0 Å². The minimum absolute atomic E-state index is 0. The number of nitrogen functional groups attached to an aromatic ring is 1. The van der Waals surface area contributed by atoms with E-state index in [0.29, 0.717) is 58.5 Å². The third kappa shape index (κ3) is 27.9. The number of hydrogen-bond donors (Lipinski definition) is 4. The molecule has 0 heterocycles. The summed E-state index contributed by atoms with van der Waals surface area (Å²) in [5.74, 6) is 0. The molecular weight excluding hydrogens is 905 g/mol. The SMILES string of the molecule is C.C.CCCOCCOCCNc1cc(CO[Si](C)(C)C(C)(C)C)cc(CO[Si](C)(C)C(C)(C)C)c1.CCCOCCOCCOS(=O)(=O)c1ccc(C)cc1.Nc1cc(CO)cc(CO)c1. The van der Waals surface area contributed by atoms with Crippen molar-refractivity contribution < 1.29 is 50.6 Å². The maximum absolute atomic E-state index is 11.8. The summed E-state index contributed by atoms with van der Waals surface area (Å²) >= 11 is 0. The predicted molar refractivity (Wildman–Crippen MR) is 283 cm³/mol. The van der Waals surface area contributed by atoms with Crippen LogP contribution in [-0.4, -0.2) is 101 Å². The molecule has 0 fully saturated rings. The van der Waals surface area contributed by atoms with Crippen LogP contribution in [0.4, 0.5) is 11.4 Å². The molecule has 0 spiro atoms. The number of aliphatic hydroxyl groups is 2. The molecule has 0 bridgehead atoms. The van der Waals surface area contributed by atoms with Gasteiger partial charge in [0, 0.05) is 31.1 Å². The van der Waals surface area contributed by atoms with Gasteiger partial charge in [-0.3, -0.25) is 4.18 Å². The highest BCUT2D eigenvalue weighted by atomic mass is 32.2. The summed E-state index contributed by atoms with van der Waals surface area (Å²) in [5.41, 5.74) is 12.0. The second-order valence-corrected chi connectivity index (χ2v) is 30.2. The van der Waals surface area contributed by atoms with Gasteiger partial charge in [0.25, 0.3) is 10.1 Å². The van der Waals surface area contributed by atoms with Crippen LogP contribution in [0, 0.1) is 6.92 Å². The van der Waals surface area contributed by atoms with Gasteiger partial charge in [-0.05, 0) is 115 Å². The smallest absolute Gasteiger partial charge is 0.297 e. The van der Waals surface area contributed by atoms with Crippen LogP contribution in [0.5, 0.6) is 0 Å². The number of benzene rings is 3. The topological polar surface area (TPSA) is 177 Å². The van der Waals surface area contributed by atoms with Crippen LogP contribution < -0.4 is 11.1 Å². The molecule has 0 saturated carbocycles. The molecular formula is C51H94N2O11SSi2. The third-order valence-corrected chi connectivity index (χ3v) is 21.4. The average molecular weight is 1000 g/mol. The Balaban J connectivity index is 0. The van der Waals surface area contributed by atoms with Gasteiger partial charge in [-0.15, -0.1) is 0 Å². The Morgan fingerprint density at radius 1 is 0.582 bits per heavy atom. The quantitative estimate of drug-likeness (QED) is 0.0246. The third-order valence-electron chi connectivity index (χ3n) is 11.1. The van der Waals surface area contributed by atoms with Crippen molar-refractivity contribution in [1.29, 1.82) is 0 Å². The standard InChI is InChI=1S/C27H53NO4Si2.C14H22O5S.C8H11NO2.2CH4/c1-12-14-29-16-17-30-15-13-28-25-19-23(21-31-33(8,9)26(2,3)4)18-24(20-25)22-32-34(10,11)27(5,6)7;1-3-8-17-9-10-18-11-12-19-20(15,16)14-6-4-13(2)5-7-14;9-8-2-6(4-10)1-7(3-8)5-11;;/h18-20,28H,12-17,21-22H2,1-11H3;4-7H,3,8-12H2,1-2H3;1-3,10-11H,4-5,9H2;2*1H4. The summed E-state index contributed by atoms with van der Waals surface area (Å²) in [6.07, 6.45) is 2.01. The van der Waals surface area contributed by atoms with Crippen molar-refractivity contribution in [2.45, 2.75) is 158 Å². The van der Waals surface area contributed by atoms with Gasteiger partial charge in [-0.25, -0.2) is 0 Å². The molecule has 0 unspecified atom stereocenters. The molecule has 0 aliphatic carbocycles. The molecule has 0 aliphatic heterocycles. The van der Waals surface area contributed by atoms with Crippen molar-refractivity contribution in [2.24, 2.45) is 0 Å². The molecule has 5 N–H and O–H groups in total. The van der Waals surface area contributed by atoms with Crippen LogP contribution in [0.25, 0.3) is 0 Å². The highest BCUT2D eigenvalue weighted by Crippen LogP contribution is 2.38. The van der Waals surface area contributed by atoms with Crippen molar-refractivity contribution >= 4 is 38.1 Å². The van der Waals surface area contributed by atoms with Crippen LogP contribution in [0.2, 0.25) is 36.3 Å². The van der Waals surface area contributed by atoms with E-state index in [4.69, 9.17) is 47.9 Å². The lowest BCUT2D eigenvalue weighted by Crippen LogP contribution is -2.40. The van der Waals surface area contributed by atoms with E-state index in [1.807, 2.05) is 13.8 Å². The Labute approximate surface area is 410 Å². The van der Waals surface area contributed by atoms with Gasteiger partial charge in [0.1, 0.15) is 0 Å². The molecule has 0 saturated heterocycles. The predicted octanol–water partition coefficient (Wildman–Crippen LogP) is 11.3. The largest absolute Gasteiger partial charge is 0.413 e. The molecule has 3 rings (SSSR count). The van der Waals surface area contributed by atoms with Gasteiger partial charge in [0.2, 0.25) is 0 Å². The first-order valence-corrected chi connectivity index (χ1v) is 30.2. The van der Waals surface area contributed by atoms with Gasteiger partial charge in [-0.2, -0.15) is 8.42 Å². The monoisotopic (exact) mass is 999 g/mol. The number of rotatable bonds is 27. The van der Waals surface area contributed by atoms with Crippen LogP contribution in [0.15, 0.2) is 65.6 Å². The number of ether oxygens (including phenoxy) is 4. The van der Waals surface area contributed by atoms with Crippen molar-refractivity contribution in [3.63, 3.8) is 0 Å². The lowest BCUT2D eigenvalue weighted by molar-refractivity contribution is 0.0373. The number of aliphatic hydroxyl groups excluding tert-OH is 2. The van der Waals surface area contributed by atoms with Crippen molar-refractivity contribution in [3.8, 4) is 0 Å². The molecule has 67 heavy (non-hydrogen) atoms. The first-order valence-electron chi connectivity index (χ1n) is 22.9. The summed E-state index contributed by atoms with van der Waals surface area (Å²) in [5, 5.41) is 21.4. The lowest BCUT2D eigenvalue weighted by Gasteiger charge is -2.36. The number of nitrogens with one attached hydrogen (secondary N) is 1. The zero-order valence-electron chi connectivity index (χ0n) is 42.1. The van der Waals surface area contributed by atoms with E-state index < -0.39 is 26.8 Å². The number of hydrogen-bond acceptors (Lipinski definition) is 13. The molecule has 388 valence electrons. The number of anilines is 2. The Kier molecular flexibility index (Phi) is 33.4. The molecule has 16 heteroatoms. The van der Waals surface area contributed by atoms with E-state index in [0.717, 1.165) is 48.4 Å². The molecule has 0 atom stereocenters. The van der Waals surface area contributed by atoms with Gasteiger partial charge >= 0.3 is 0 Å². The molecule has 3 aromatic carbocycles. The van der Waals surface area contributed by atoms with E-state index in [-0.39, 0.29) is 56.3 Å². The average Bonchev–Trinajstić information content (AvgIpc) is 3.23. The molecule has 3 aromatic rings. The van der Waals surface area contributed by atoms with Crippen LogP contribution in [0.3, 0.4) is 0 Å². The second kappa shape index (κ2) is 33.8. The molecule has 0 aliphatic rings. The minimum atomic E-state index is -3.69. The molecule has 0 aromatic heterocycles. The maximum atomic E-state index is 11.8. The van der Waals surface area contributed by atoms with Gasteiger partial charge < -0.3 is 49.1 Å². The van der Waals surface area contributed by atoms with Gasteiger partial charge in [0.05, 0.1) is 77.6 Å². The van der Waals surface area contributed by atoms with Gasteiger partial charge in [-0.1, -0.05) is 100 Å². The second-order valence-electron chi connectivity index (χ2n) is 19.0. The van der Waals surface area contributed by atoms with Crippen LogP contribution in [0.1, 0.15) is 111 Å². The van der Waals surface area contributed by atoms with Crippen molar-refractivity contribution in [1.82, 2.24) is 0 Å². The van der Waals surface area contributed by atoms with Crippen molar-refractivity contribution in [2.75, 3.05) is 77.1 Å². The Morgan fingerprint density at radius 2 is 0.970 bits per heavy atom. The highest BCUT2D eigenvalue weighted by Gasteiger charge is 2.38. The zero-order valence-corrected chi connectivity index (χ0v) is 45.0. The Hall–Kier alpha value is -2.72.